The van der Waals surface area contributed by atoms with Crippen LogP contribution in [0.1, 0.15) is 54.5 Å². The maximum Gasteiger partial charge on any atom is 0.339 e. The first-order valence-corrected chi connectivity index (χ1v) is 4.62. The number of hydrogen-bond donors (Lipinski definition) is 1. The Morgan fingerprint density at radius 1 is 1.60 bits per heavy atom. The minimum Gasteiger partial charge on any atom is -0.478 e. The number of carbonyl (C=O) groups is 1. The molecule has 0 saturated carbocycles. The van der Waals surface area contributed by atoms with Gasteiger partial charge in [-0.1, -0.05) is 13.8 Å². The van der Waals surface area contributed by atoms with Crippen molar-refractivity contribution in [3.05, 3.63) is 23.2 Å². The molecule has 1 aromatic heterocycles. The number of rotatable bonds is 4. The zero-order valence-electron chi connectivity index (χ0n) is 8.46. The smallest absolute Gasteiger partial charge is 0.339 e. The van der Waals surface area contributed by atoms with Crippen LogP contribution in [0.5, 0.6) is 0 Å². The van der Waals surface area contributed by atoms with Gasteiger partial charge < -0.3 is 9.52 Å². The summed E-state index contributed by atoms with van der Waals surface area (Å²) in [5, 5.41) is 8.69. The Labute approximate surface area is 85.7 Å². The molecule has 84 valence electrons. The molecule has 1 rings (SSSR count). The lowest BCUT2D eigenvalue weighted by molar-refractivity contribution is 0.0672. The largest absolute Gasteiger partial charge is 0.478 e. The van der Waals surface area contributed by atoms with E-state index in [0.29, 0.717) is 12.2 Å². The molecular formula is C10H12F2O3. The quantitative estimate of drug-likeness (QED) is 0.842. The Kier molecular flexibility index (Phi) is 3.44. The van der Waals surface area contributed by atoms with Crippen LogP contribution >= 0.6 is 0 Å². The standard InChI is InChI=1S/C10H12F2O3/c1-3-5(2)7-4-6(10(13)14)8(15-7)9(11)12/h4-5,9H,3H2,1-2H3,(H,13,14). The Bertz CT molecular complexity index is 358. The molecule has 1 atom stereocenters. The molecule has 0 spiro atoms. The fourth-order valence-electron chi connectivity index (χ4n) is 1.20. The Balaban J connectivity index is 3.15. The number of carboxylic acid groups (broad SMARTS) is 1. The van der Waals surface area contributed by atoms with Crippen LogP contribution < -0.4 is 0 Å². The fourth-order valence-corrected chi connectivity index (χ4v) is 1.20. The van der Waals surface area contributed by atoms with E-state index < -0.39 is 23.7 Å². The normalized spacial score (nSPS) is 13.1. The molecule has 1 N–H and O–H groups in total. The number of halogens is 2. The molecule has 0 aliphatic rings. The number of carboxylic acids is 1. The van der Waals surface area contributed by atoms with Gasteiger partial charge in [-0.15, -0.1) is 0 Å². The van der Waals surface area contributed by atoms with Crippen LogP contribution in [0.2, 0.25) is 0 Å². The highest BCUT2D eigenvalue weighted by Gasteiger charge is 2.25. The minimum atomic E-state index is -2.89. The summed E-state index contributed by atoms with van der Waals surface area (Å²) < 4.78 is 29.7. The van der Waals surface area contributed by atoms with E-state index in [4.69, 9.17) is 9.52 Å². The summed E-state index contributed by atoms with van der Waals surface area (Å²) in [4.78, 5) is 10.7. The highest BCUT2D eigenvalue weighted by Crippen LogP contribution is 2.30. The monoisotopic (exact) mass is 218 g/mol. The predicted molar refractivity (Wildman–Crippen MR) is 49.3 cm³/mol. The van der Waals surface area contributed by atoms with Gasteiger partial charge in [0.05, 0.1) is 0 Å². The molecule has 0 fully saturated rings. The molecule has 0 radical (unpaired) electrons. The molecule has 1 unspecified atom stereocenters. The SMILES string of the molecule is CCC(C)c1cc(C(=O)O)c(C(F)F)o1. The molecule has 1 aromatic rings. The van der Waals surface area contributed by atoms with Gasteiger partial charge in [-0.3, -0.25) is 0 Å². The van der Waals surface area contributed by atoms with E-state index in [1.165, 1.54) is 6.07 Å². The van der Waals surface area contributed by atoms with E-state index >= 15 is 0 Å². The van der Waals surface area contributed by atoms with Gasteiger partial charge in [0.15, 0.2) is 5.76 Å². The maximum absolute atomic E-state index is 12.4. The van der Waals surface area contributed by atoms with Crippen LogP contribution in [-0.4, -0.2) is 11.1 Å². The summed E-state index contributed by atoms with van der Waals surface area (Å²) in [5.41, 5.74) is -0.444. The highest BCUT2D eigenvalue weighted by atomic mass is 19.3. The topological polar surface area (TPSA) is 50.4 Å². The number of furan rings is 1. The Morgan fingerprint density at radius 2 is 2.20 bits per heavy atom. The molecule has 0 aliphatic heterocycles. The van der Waals surface area contributed by atoms with Crippen LogP contribution in [0.3, 0.4) is 0 Å². The van der Waals surface area contributed by atoms with Gasteiger partial charge in [-0.25, -0.2) is 13.6 Å². The number of aromatic carboxylic acids is 1. The zero-order chi connectivity index (χ0) is 11.6. The van der Waals surface area contributed by atoms with Crippen LogP contribution in [0, 0.1) is 0 Å². The van der Waals surface area contributed by atoms with E-state index in [9.17, 15) is 13.6 Å². The average Bonchev–Trinajstić information content (AvgIpc) is 2.61. The van der Waals surface area contributed by atoms with E-state index in [-0.39, 0.29) is 5.92 Å². The van der Waals surface area contributed by atoms with Gasteiger partial charge in [0, 0.05) is 5.92 Å². The van der Waals surface area contributed by atoms with Crippen LogP contribution in [-0.2, 0) is 0 Å². The molecule has 0 saturated heterocycles. The molecule has 0 amide bonds. The summed E-state index contributed by atoms with van der Waals surface area (Å²) in [5.74, 6) is -1.90. The van der Waals surface area contributed by atoms with Crippen LogP contribution in [0.15, 0.2) is 10.5 Å². The Morgan fingerprint density at radius 3 is 2.53 bits per heavy atom. The summed E-state index contributed by atoms with van der Waals surface area (Å²) in [7, 11) is 0. The van der Waals surface area contributed by atoms with Crippen molar-refractivity contribution in [1.29, 1.82) is 0 Å². The maximum atomic E-state index is 12.4. The molecule has 3 nitrogen and oxygen atoms in total. The number of alkyl halides is 2. The summed E-state index contributed by atoms with van der Waals surface area (Å²) in [6, 6.07) is 1.18. The van der Waals surface area contributed by atoms with Gasteiger partial charge in [0.1, 0.15) is 11.3 Å². The molecule has 0 aromatic carbocycles. The lowest BCUT2D eigenvalue weighted by atomic mass is 10.1. The summed E-state index contributed by atoms with van der Waals surface area (Å²) in [6.45, 7) is 3.66. The average molecular weight is 218 g/mol. The third-order valence-electron chi connectivity index (χ3n) is 2.31. The van der Waals surface area contributed by atoms with Gasteiger partial charge in [0.2, 0.25) is 0 Å². The second-order valence-corrected chi connectivity index (χ2v) is 3.34. The van der Waals surface area contributed by atoms with E-state index in [2.05, 4.69) is 0 Å². The lowest BCUT2D eigenvalue weighted by Gasteiger charge is -2.02. The zero-order valence-corrected chi connectivity index (χ0v) is 8.46. The van der Waals surface area contributed by atoms with Crippen molar-refractivity contribution in [2.24, 2.45) is 0 Å². The molecule has 15 heavy (non-hydrogen) atoms. The molecule has 5 heteroatoms. The van der Waals surface area contributed by atoms with E-state index in [1.807, 2.05) is 6.92 Å². The second kappa shape index (κ2) is 4.42. The second-order valence-electron chi connectivity index (χ2n) is 3.34. The van der Waals surface area contributed by atoms with E-state index in [1.54, 1.807) is 6.92 Å². The van der Waals surface area contributed by atoms with Crippen molar-refractivity contribution in [2.45, 2.75) is 32.6 Å². The summed E-state index contributed by atoms with van der Waals surface area (Å²) in [6.07, 6.45) is -2.19. The van der Waals surface area contributed by atoms with Crippen LogP contribution in [0.25, 0.3) is 0 Å². The third kappa shape index (κ3) is 2.34. The predicted octanol–water partition coefficient (Wildman–Crippen LogP) is 3.43. The first-order chi connectivity index (χ1) is 6.97. The van der Waals surface area contributed by atoms with Crippen molar-refractivity contribution < 1.29 is 23.1 Å². The van der Waals surface area contributed by atoms with Crippen molar-refractivity contribution in [3.8, 4) is 0 Å². The first-order valence-electron chi connectivity index (χ1n) is 4.62. The fraction of sp³-hybridized carbons (Fsp3) is 0.500. The minimum absolute atomic E-state index is 0.0596. The molecule has 0 aliphatic carbocycles. The van der Waals surface area contributed by atoms with Gasteiger partial charge in [-0.05, 0) is 12.5 Å². The molecule has 0 bridgehead atoms. The van der Waals surface area contributed by atoms with Gasteiger partial charge in [-0.2, -0.15) is 0 Å². The third-order valence-corrected chi connectivity index (χ3v) is 2.31. The van der Waals surface area contributed by atoms with Gasteiger partial charge >= 0.3 is 5.97 Å². The van der Waals surface area contributed by atoms with Crippen LogP contribution in [0.4, 0.5) is 8.78 Å². The van der Waals surface area contributed by atoms with Crippen molar-refractivity contribution in [3.63, 3.8) is 0 Å². The van der Waals surface area contributed by atoms with Crippen molar-refractivity contribution in [1.82, 2.24) is 0 Å². The van der Waals surface area contributed by atoms with Crippen molar-refractivity contribution >= 4 is 5.97 Å². The summed E-state index contributed by atoms with van der Waals surface area (Å²) >= 11 is 0. The first kappa shape index (κ1) is 11.7. The van der Waals surface area contributed by atoms with Crippen molar-refractivity contribution in [2.75, 3.05) is 0 Å². The van der Waals surface area contributed by atoms with Gasteiger partial charge in [0.25, 0.3) is 6.43 Å². The molecular weight excluding hydrogens is 206 g/mol. The van der Waals surface area contributed by atoms with E-state index in [0.717, 1.165) is 0 Å². The number of hydrogen-bond acceptors (Lipinski definition) is 2. The Hall–Kier alpha value is -1.39. The lowest BCUT2D eigenvalue weighted by Crippen LogP contribution is -1.98. The molecule has 1 heterocycles. The highest BCUT2D eigenvalue weighted by molar-refractivity contribution is 5.89.